The van der Waals surface area contributed by atoms with E-state index < -0.39 is 10.0 Å². The Morgan fingerprint density at radius 2 is 1.65 bits per heavy atom. The van der Waals surface area contributed by atoms with Crippen molar-refractivity contribution in [2.45, 2.75) is 32.9 Å². The van der Waals surface area contributed by atoms with Crippen molar-refractivity contribution in [2.75, 3.05) is 47.1 Å². The molecule has 2 atom stereocenters. The number of hydrogen-bond acceptors (Lipinski definition) is 6. The van der Waals surface area contributed by atoms with Gasteiger partial charge in [-0.1, -0.05) is 6.07 Å². The van der Waals surface area contributed by atoms with Gasteiger partial charge in [0.2, 0.25) is 10.0 Å². The molecule has 0 saturated carbocycles. The lowest BCUT2D eigenvalue weighted by molar-refractivity contribution is 0.122. The number of morpholine rings is 1. The third-order valence-electron chi connectivity index (χ3n) is 8.15. The van der Waals surface area contributed by atoms with Gasteiger partial charge in [-0.25, -0.2) is 8.42 Å². The molecule has 0 radical (unpaired) electrons. The fraction of sp³-hybridized carbons (Fsp3) is 0.312. The van der Waals surface area contributed by atoms with Crippen molar-refractivity contribution in [1.82, 2.24) is 14.9 Å². The van der Waals surface area contributed by atoms with Crippen LogP contribution in [0.1, 0.15) is 40.3 Å². The molecule has 2 N–H and O–H groups in total. The molecule has 0 spiro atoms. The molecule has 2 saturated heterocycles. The summed E-state index contributed by atoms with van der Waals surface area (Å²) in [5.41, 5.74) is 8.78. The van der Waals surface area contributed by atoms with E-state index in [9.17, 15) is 8.42 Å². The van der Waals surface area contributed by atoms with Crippen molar-refractivity contribution >= 4 is 44.4 Å². The Hall–Kier alpha value is -3.93. The van der Waals surface area contributed by atoms with E-state index in [1.54, 1.807) is 12.3 Å². The van der Waals surface area contributed by atoms with Crippen LogP contribution in [0, 0.1) is 20.8 Å². The molecule has 11 heteroatoms. The molecular formula is C32H36N6O3S2. The van der Waals surface area contributed by atoms with Gasteiger partial charge >= 0.3 is 0 Å². The molecule has 224 valence electrons. The van der Waals surface area contributed by atoms with Crippen LogP contribution in [0.25, 0.3) is 5.69 Å². The highest BCUT2D eigenvalue weighted by Gasteiger charge is 2.42. The van der Waals surface area contributed by atoms with Gasteiger partial charge in [0.25, 0.3) is 0 Å². The van der Waals surface area contributed by atoms with Crippen molar-refractivity contribution in [1.29, 1.82) is 0 Å². The largest absolute Gasteiger partial charge is 0.378 e. The van der Waals surface area contributed by atoms with Gasteiger partial charge in [0, 0.05) is 47.7 Å². The van der Waals surface area contributed by atoms with Crippen LogP contribution < -0.4 is 19.8 Å². The zero-order chi connectivity index (χ0) is 30.3. The summed E-state index contributed by atoms with van der Waals surface area (Å²) in [6.45, 7) is 9.47. The van der Waals surface area contributed by atoms with Gasteiger partial charge in [0.05, 0.1) is 42.9 Å². The topological polar surface area (TPSA) is 91.7 Å². The molecule has 2 aromatic heterocycles. The van der Waals surface area contributed by atoms with E-state index in [1.807, 2.05) is 37.3 Å². The normalized spacial score (nSPS) is 19.0. The molecule has 0 aliphatic carbocycles. The number of nitrogens with zero attached hydrogens (tertiary/aromatic N) is 4. The average Bonchev–Trinajstić information content (AvgIpc) is 3.49. The number of nitrogens with one attached hydrogen (secondary N) is 2. The first-order valence-electron chi connectivity index (χ1n) is 14.3. The highest BCUT2D eigenvalue weighted by Crippen LogP contribution is 2.44. The first kappa shape index (κ1) is 29.2. The molecule has 4 heterocycles. The standard InChI is InChI=1S/C32H36N6O3S2/c1-21-19-26(12-13-28(21)35-43(4,39)40)38-31(30(34-32(38)42)29-7-5-6-14-33-29)27-20-22(2)37(23(27)3)25-10-8-24(9-11-25)36-15-17-41-18-16-36/h5-14,19-20,30-31,35H,15-18H2,1-4H3,(H,34,42). The maximum atomic E-state index is 11.9. The zero-order valence-electron chi connectivity index (χ0n) is 24.7. The third-order valence-corrected chi connectivity index (χ3v) is 9.06. The lowest BCUT2D eigenvalue weighted by Crippen LogP contribution is -2.36. The molecule has 2 unspecified atom stereocenters. The summed E-state index contributed by atoms with van der Waals surface area (Å²) < 4.78 is 34.2. The first-order valence-corrected chi connectivity index (χ1v) is 16.6. The number of aromatic nitrogens is 2. The fourth-order valence-electron chi connectivity index (χ4n) is 6.18. The van der Waals surface area contributed by atoms with Crippen LogP contribution >= 0.6 is 12.2 Å². The number of benzene rings is 2. The van der Waals surface area contributed by atoms with Crippen molar-refractivity contribution in [3.63, 3.8) is 0 Å². The van der Waals surface area contributed by atoms with E-state index in [0.717, 1.165) is 72.1 Å². The van der Waals surface area contributed by atoms with Crippen molar-refractivity contribution in [2.24, 2.45) is 0 Å². The summed E-state index contributed by atoms with van der Waals surface area (Å²) in [7, 11) is -3.41. The van der Waals surface area contributed by atoms with Crippen LogP contribution in [0.3, 0.4) is 0 Å². The molecule has 2 aliphatic rings. The number of ether oxygens (including phenoxy) is 1. The molecule has 2 aromatic carbocycles. The van der Waals surface area contributed by atoms with E-state index in [1.165, 1.54) is 5.69 Å². The minimum atomic E-state index is -3.41. The number of hydrogen-bond donors (Lipinski definition) is 2. The molecule has 0 bridgehead atoms. The molecule has 43 heavy (non-hydrogen) atoms. The minimum Gasteiger partial charge on any atom is -0.378 e. The van der Waals surface area contributed by atoms with Gasteiger partial charge in [0.15, 0.2) is 5.11 Å². The molecule has 0 amide bonds. The lowest BCUT2D eigenvalue weighted by Gasteiger charge is -2.29. The quantitative estimate of drug-likeness (QED) is 0.275. The van der Waals surface area contributed by atoms with Gasteiger partial charge in [-0.15, -0.1) is 0 Å². The molecule has 4 aromatic rings. The fourth-order valence-corrected chi connectivity index (χ4v) is 7.15. The third kappa shape index (κ3) is 5.84. The number of anilines is 3. The number of thiocarbonyl (C=S) groups is 1. The van der Waals surface area contributed by atoms with Crippen LogP contribution in [0.4, 0.5) is 17.1 Å². The van der Waals surface area contributed by atoms with Gasteiger partial charge in [-0.3, -0.25) is 9.71 Å². The van der Waals surface area contributed by atoms with Crippen LogP contribution in [0.2, 0.25) is 0 Å². The lowest BCUT2D eigenvalue weighted by atomic mass is 9.96. The first-order chi connectivity index (χ1) is 20.6. The molecule has 9 nitrogen and oxygen atoms in total. The maximum Gasteiger partial charge on any atom is 0.229 e. The van der Waals surface area contributed by atoms with E-state index in [0.29, 0.717) is 10.8 Å². The Kier molecular flexibility index (Phi) is 7.89. The van der Waals surface area contributed by atoms with Gasteiger partial charge < -0.3 is 24.4 Å². The summed E-state index contributed by atoms with van der Waals surface area (Å²) in [6, 6.07) is 22.2. The predicted molar refractivity (Wildman–Crippen MR) is 176 cm³/mol. The zero-order valence-corrected chi connectivity index (χ0v) is 26.4. The van der Waals surface area contributed by atoms with E-state index in [2.05, 4.69) is 68.6 Å². The summed E-state index contributed by atoms with van der Waals surface area (Å²) >= 11 is 5.95. The van der Waals surface area contributed by atoms with Crippen LogP contribution in [-0.4, -0.2) is 55.6 Å². The van der Waals surface area contributed by atoms with Gasteiger partial charge in [-0.2, -0.15) is 0 Å². The Labute approximate surface area is 258 Å². The Bertz CT molecular complexity index is 1750. The summed E-state index contributed by atoms with van der Waals surface area (Å²) in [6.07, 6.45) is 2.95. The number of pyridine rings is 1. The Morgan fingerprint density at radius 1 is 0.953 bits per heavy atom. The highest BCUT2D eigenvalue weighted by molar-refractivity contribution is 7.92. The molecule has 2 fully saturated rings. The van der Waals surface area contributed by atoms with Crippen molar-refractivity contribution < 1.29 is 13.2 Å². The summed E-state index contributed by atoms with van der Waals surface area (Å²) in [4.78, 5) is 9.18. The number of sulfonamides is 1. The second-order valence-corrected chi connectivity index (χ2v) is 13.3. The van der Waals surface area contributed by atoms with Crippen LogP contribution in [0.5, 0.6) is 0 Å². The van der Waals surface area contributed by atoms with Crippen LogP contribution in [-0.2, 0) is 14.8 Å². The maximum absolute atomic E-state index is 11.9. The second-order valence-electron chi connectivity index (χ2n) is 11.1. The molecular weight excluding hydrogens is 581 g/mol. The Balaban J connectivity index is 1.41. The smallest absolute Gasteiger partial charge is 0.229 e. The van der Waals surface area contributed by atoms with Crippen LogP contribution in [0.15, 0.2) is 72.9 Å². The predicted octanol–water partition coefficient (Wildman–Crippen LogP) is 5.18. The van der Waals surface area contributed by atoms with Crippen molar-refractivity contribution in [3.8, 4) is 5.69 Å². The van der Waals surface area contributed by atoms with Crippen molar-refractivity contribution in [3.05, 3.63) is 101 Å². The van der Waals surface area contributed by atoms with E-state index in [-0.39, 0.29) is 12.1 Å². The monoisotopic (exact) mass is 616 g/mol. The summed E-state index contributed by atoms with van der Waals surface area (Å²) in [5.74, 6) is 0. The average molecular weight is 617 g/mol. The Morgan fingerprint density at radius 3 is 2.30 bits per heavy atom. The van der Waals surface area contributed by atoms with Gasteiger partial charge in [-0.05, 0) is 105 Å². The number of aryl methyl sites for hydroxylation is 2. The van der Waals surface area contributed by atoms with E-state index >= 15 is 0 Å². The SMILES string of the molecule is Cc1cc(N2C(=S)NC(c3ccccn3)C2c2cc(C)n(-c3ccc(N4CCOCC4)cc3)c2C)ccc1NS(C)(=O)=O. The summed E-state index contributed by atoms with van der Waals surface area (Å²) in [5, 5.41) is 4.12. The minimum absolute atomic E-state index is 0.192. The van der Waals surface area contributed by atoms with Gasteiger partial charge in [0.1, 0.15) is 0 Å². The van der Waals surface area contributed by atoms with E-state index in [4.69, 9.17) is 21.9 Å². The highest BCUT2D eigenvalue weighted by atomic mass is 32.2. The molecule has 6 rings (SSSR count). The number of rotatable bonds is 7. The molecule has 2 aliphatic heterocycles. The second kappa shape index (κ2) is 11.6.